The van der Waals surface area contributed by atoms with Gasteiger partial charge in [-0.3, -0.25) is 4.79 Å². The Morgan fingerprint density at radius 3 is 2.81 bits per heavy atom. The third-order valence-corrected chi connectivity index (χ3v) is 5.94. The highest BCUT2D eigenvalue weighted by Crippen LogP contribution is 2.29. The standard InChI is InChI=1S/C20H24N6O/c27-20(16-14-21-26-11-5-3-6-17(16)26)24-12-8-15(9-13-24)19-23-22-18-7-2-1-4-10-25(18)19/h3,5-6,11,14-15H,1-2,4,7-10,12-13H2. The maximum Gasteiger partial charge on any atom is 0.257 e. The number of rotatable bonds is 2. The molecule has 2 aliphatic heterocycles. The van der Waals surface area contributed by atoms with Crippen LogP contribution in [0.1, 0.15) is 60.0 Å². The second-order valence-corrected chi connectivity index (χ2v) is 7.59. The van der Waals surface area contributed by atoms with Gasteiger partial charge in [0.05, 0.1) is 17.3 Å². The third kappa shape index (κ3) is 2.91. The Labute approximate surface area is 158 Å². The van der Waals surface area contributed by atoms with Gasteiger partial charge in [0.1, 0.15) is 11.6 Å². The van der Waals surface area contributed by atoms with Crippen molar-refractivity contribution in [3.63, 3.8) is 0 Å². The monoisotopic (exact) mass is 364 g/mol. The molecule has 0 saturated carbocycles. The molecule has 7 heteroatoms. The lowest BCUT2D eigenvalue weighted by molar-refractivity contribution is 0.0712. The van der Waals surface area contributed by atoms with Crippen molar-refractivity contribution in [2.45, 2.75) is 51.0 Å². The molecule has 0 spiro atoms. The molecule has 7 nitrogen and oxygen atoms in total. The predicted molar refractivity (Wildman–Crippen MR) is 101 cm³/mol. The van der Waals surface area contributed by atoms with Crippen LogP contribution in [0.15, 0.2) is 30.6 Å². The number of likely N-dealkylation sites (tertiary alicyclic amines) is 1. The van der Waals surface area contributed by atoms with Crippen LogP contribution in [-0.2, 0) is 13.0 Å². The number of hydrogen-bond acceptors (Lipinski definition) is 4. The summed E-state index contributed by atoms with van der Waals surface area (Å²) in [6.07, 6.45) is 10.2. The molecule has 3 aromatic heterocycles. The van der Waals surface area contributed by atoms with Crippen molar-refractivity contribution >= 4 is 11.4 Å². The van der Waals surface area contributed by atoms with Crippen molar-refractivity contribution < 1.29 is 4.79 Å². The Morgan fingerprint density at radius 1 is 1.04 bits per heavy atom. The van der Waals surface area contributed by atoms with Crippen LogP contribution in [0.25, 0.3) is 5.52 Å². The van der Waals surface area contributed by atoms with Gasteiger partial charge in [0, 0.05) is 38.2 Å². The molecule has 1 saturated heterocycles. The van der Waals surface area contributed by atoms with Crippen LogP contribution < -0.4 is 0 Å². The van der Waals surface area contributed by atoms with E-state index in [0.717, 1.165) is 56.1 Å². The molecule has 2 aliphatic rings. The molecule has 5 heterocycles. The molecule has 0 N–H and O–H groups in total. The highest BCUT2D eigenvalue weighted by atomic mass is 16.2. The number of nitrogens with zero attached hydrogens (tertiary/aromatic N) is 6. The molecule has 140 valence electrons. The topological polar surface area (TPSA) is 68.3 Å². The molecule has 0 unspecified atom stereocenters. The van der Waals surface area contributed by atoms with Crippen molar-refractivity contribution in [2.75, 3.05) is 13.1 Å². The van der Waals surface area contributed by atoms with Crippen LogP contribution in [0.5, 0.6) is 0 Å². The largest absolute Gasteiger partial charge is 0.338 e. The number of aryl methyl sites for hydroxylation is 1. The van der Waals surface area contributed by atoms with E-state index in [9.17, 15) is 4.79 Å². The summed E-state index contributed by atoms with van der Waals surface area (Å²) in [6.45, 7) is 2.56. The normalized spacial score (nSPS) is 18.4. The SMILES string of the molecule is O=C(c1cnn2ccccc12)N1CCC(c2nnc3n2CCCCC3)CC1. The van der Waals surface area contributed by atoms with Gasteiger partial charge < -0.3 is 9.47 Å². The first-order chi connectivity index (χ1) is 13.3. The summed E-state index contributed by atoms with van der Waals surface area (Å²) in [5.74, 6) is 2.76. The molecule has 5 rings (SSSR count). The first-order valence-electron chi connectivity index (χ1n) is 9.95. The van der Waals surface area contributed by atoms with Crippen LogP contribution >= 0.6 is 0 Å². The molecule has 1 fully saturated rings. The number of pyridine rings is 1. The first kappa shape index (κ1) is 16.5. The minimum Gasteiger partial charge on any atom is -0.338 e. The van der Waals surface area contributed by atoms with Crippen LogP contribution in [-0.4, -0.2) is 48.3 Å². The van der Waals surface area contributed by atoms with Crippen molar-refractivity contribution in [3.05, 3.63) is 47.8 Å². The lowest BCUT2D eigenvalue weighted by Gasteiger charge is -2.31. The quantitative estimate of drug-likeness (QED) is 0.701. The van der Waals surface area contributed by atoms with Gasteiger partial charge in [0.25, 0.3) is 5.91 Å². The maximum atomic E-state index is 13.0. The molecule has 0 aliphatic carbocycles. The molecule has 0 bridgehead atoms. The lowest BCUT2D eigenvalue weighted by atomic mass is 9.95. The maximum absolute atomic E-state index is 13.0. The fraction of sp³-hybridized carbons (Fsp3) is 0.500. The Hall–Kier alpha value is -2.70. The first-order valence-corrected chi connectivity index (χ1v) is 9.95. The zero-order chi connectivity index (χ0) is 18.2. The number of fused-ring (bicyclic) bond motifs is 2. The average molecular weight is 364 g/mol. The molecule has 0 atom stereocenters. The smallest absolute Gasteiger partial charge is 0.257 e. The fourth-order valence-corrected chi connectivity index (χ4v) is 4.42. The minimum absolute atomic E-state index is 0.0784. The highest BCUT2D eigenvalue weighted by molar-refractivity contribution is 6.00. The minimum atomic E-state index is 0.0784. The van der Waals surface area contributed by atoms with E-state index in [1.54, 1.807) is 10.7 Å². The van der Waals surface area contributed by atoms with Crippen LogP contribution in [0.3, 0.4) is 0 Å². The van der Waals surface area contributed by atoms with Crippen LogP contribution in [0, 0.1) is 0 Å². The molecule has 0 aromatic carbocycles. The van der Waals surface area contributed by atoms with Gasteiger partial charge in [-0.1, -0.05) is 12.5 Å². The van der Waals surface area contributed by atoms with Crippen LogP contribution in [0.4, 0.5) is 0 Å². The van der Waals surface area contributed by atoms with E-state index in [1.165, 1.54) is 19.3 Å². The van der Waals surface area contributed by atoms with E-state index in [-0.39, 0.29) is 5.91 Å². The van der Waals surface area contributed by atoms with E-state index in [2.05, 4.69) is 19.9 Å². The van der Waals surface area contributed by atoms with Gasteiger partial charge in [-0.25, -0.2) is 4.52 Å². The molecular weight excluding hydrogens is 340 g/mol. The highest BCUT2D eigenvalue weighted by Gasteiger charge is 2.29. The third-order valence-electron chi connectivity index (χ3n) is 5.94. The molecule has 1 amide bonds. The summed E-state index contributed by atoms with van der Waals surface area (Å²) in [6, 6.07) is 5.80. The number of hydrogen-bond donors (Lipinski definition) is 0. The number of amides is 1. The van der Waals surface area contributed by atoms with Gasteiger partial charge in [-0.2, -0.15) is 5.10 Å². The summed E-state index contributed by atoms with van der Waals surface area (Å²) in [5.41, 5.74) is 1.55. The number of aromatic nitrogens is 5. The summed E-state index contributed by atoms with van der Waals surface area (Å²) in [5, 5.41) is 13.3. The van der Waals surface area contributed by atoms with E-state index >= 15 is 0 Å². The van der Waals surface area contributed by atoms with Gasteiger partial charge in [0.15, 0.2) is 0 Å². The summed E-state index contributed by atoms with van der Waals surface area (Å²) >= 11 is 0. The van der Waals surface area contributed by atoms with E-state index in [0.29, 0.717) is 11.5 Å². The molecule has 27 heavy (non-hydrogen) atoms. The average Bonchev–Trinajstić information content (AvgIpc) is 3.25. The molecule has 3 aromatic rings. The van der Waals surface area contributed by atoms with E-state index in [1.807, 2.05) is 29.3 Å². The van der Waals surface area contributed by atoms with Gasteiger partial charge >= 0.3 is 0 Å². The summed E-state index contributed by atoms with van der Waals surface area (Å²) in [7, 11) is 0. The van der Waals surface area contributed by atoms with Crippen molar-refractivity contribution in [3.8, 4) is 0 Å². The zero-order valence-corrected chi connectivity index (χ0v) is 15.4. The summed E-state index contributed by atoms with van der Waals surface area (Å²) < 4.78 is 4.10. The molecule has 0 radical (unpaired) electrons. The zero-order valence-electron chi connectivity index (χ0n) is 15.4. The van der Waals surface area contributed by atoms with Crippen molar-refractivity contribution in [2.24, 2.45) is 0 Å². The van der Waals surface area contributed by atoms with Crippen molar-refractivity contribution in [1.82, 2.24) is 29.3 Å². The van der Waals surface area contributed by atoms with Crippen LogP contribution in [0.2, 0.25) is 0 Å². The van der Waals surface area contributed by atoms with Crippen molar-refractivity contribution in [1.29, 1.82) is 0 Å². The Balaban J connectivity index is 1.30. The lowest BCUT2D eigenvalue weighted by Crippen LogP contribution is -2.38. The Kier molecular flexibility index (Phi) is 4.14. The summed E-state index contributed by atoms with van der Waals surface area (Å²) in [4.78, 5) is 14.9. The van der Waals surface area contributed by atoms with Gasteiger partial charge in [-0.15, -0.1) is 10.2 Å². The Bertz CT molecular complexity index is 966. The van der Waals surface area contributed by atoms with E-state index < -0.39 is 0 Å². The second-order valence-electron chi connectivity index (χ2n) is 7.59. The Morgan fingerprint density at radius 2 is 1.93 bits per heavy atom. The number of piperidine rings is 1. The molecular formula is C20H24N6O. The number of carbonyl (C=O) groups excluding carboxylic acids is 1. The second kappa shape index (κ2) is 6.79. The van der Waals surface area contributed by atoms with Gasteiger partial charge in [-0.05, 0) is 37.8 Å². The fourth-order valence-electron chi connectivity index (χ4n) is 4.42. The van der Waals surface area contributed by atoms with E-state index in [4.69, 9.17) is 0 Å². The number of carbonyl (C=O) groups is 1. The predicted octanol–water partition coefficient (Wildman–Crippen LogP) is 2.67. The van der Waals surface area contributed by atoms with Gasteiger partial charge in [0.2, 0.25) is 0 Å².